The highest BCUT2D eigenvalue weighted by Gasteiger charge is 2.16. The molecule has 1 aliphatic heterocycles. The van der Waals surface area contributed by atoms with Crippen LogP contribution < -0.4 is 16.0 Å². The van der Waals surface area contributed by atoms with Crippen LogP contribution in [0.5, 0.6) is 0 Å². The van der Waals surface area contributed by atoms with Crippen molar-refractivity contribution in [2.24, 2.45) is 4.99 Å². The predicted octanol–water partition coefficient (Wildman–Crippen LogP) is 4.15. The number of nitrogens with one attached hydrogen (secondary N) is 3. The number of aliphatic imine (C=N–C) groups is 1. The van der Waals surface area contributed by atoms with E-state index in [4.69, 9.17) is 4.74 Å². The lowest BCUT2D eigenvalue weighted by atomic mass is 10.0. The quantitative estimate of drug-likeness (QED) is 0.482. The van der Waals surface area contributed by atoms with Gasteiger partial charge in [-0.05, 0) is 54.7 Å². The number of nitrogens with zero attached hydrogens (tertiary/aromatic N) is 1. The maximum absolute atomic E-state index is 12.8. The molecule has 0 aromatic heterocycles. The zero-order valence-corrected chi connectivity index (χ0v) is 18.3. The summed E-state index contributed by atoms with van der Waals surface area (Å²) in [7, 11) is 0. The Bertz CT molecular complexity index is 932. The molecule has 1 fully saturated rings. The van der Waals surface area contributed by atoms with Gasteiger partial charge in [0, 0.05) is 30.5 Å². The van der Waals surface area contributed by atoms with Crippen LogP contribution in [-0.2, 0) is 9.53 Å². The molecule has 2 aromatic rings. The molecule has 7 nitrogen and oxygen atoms in total. The van der Waals surface area contributed by atoms with Gasteiger partial charge in [-0.2, -0.15) is 0 Å². The summed E-state index contributed by atoms with van der Waals surface area (Å²) in [5, 5.41) is 8.75. The first-order valence-corrected chi connectivity index (χ1v) is 10.6. The standard InChI is InChI=1S/C24H30N4O3/c1-16(2)18-9-11-20(12-10-18)27-24(25-15-22-8-5-13-31-22)28-23(30)19-6-4-7-21(14-19)26-17(3)29/h4,6-7,9-12,14,16,22H,5,8,13,15H2,1-3H3,(H,26,29)(H2,25,27,28,30). The Morgan fingerprint density at radius 1 is 1.10 bits per heavy atom. The summed E-state index contributed by atoms with van der Waals surface area (Å²) in [6.45, 7) is 6.94. The number of hydrogen-bond donors (Lipinski definition) is 3. The summed E-state index contributed by atoms with van der Waals surface area (Å²) in [5.41, 5.74) is 3.06. The van der Waals surface area contributed by atoms with Crippen molar-refractivity contribution in [3.05, 3.63) is 59.7 Å². The minimum atomic E-state index is -0.315. The van der Waals surface area contributed by atoms with Crippen molar-refractivity contribution in [1.82, 2.24) is 5.32 Å². The molecule has 1 atom stereocenters. The van der Waals surface area contributed by atoms with Gasteiger partial charge in [0.15, 0.2) is 0 Å². The largest absolute Gasteiger partial charge is 0.376 e. The van der Waals surface area contributed by atoms with Crippen molar-refractivity contribution in [2.75, 3.05) is 23.8 Å². The molecule has 3 rings (SSSR count). The smallest absolute Gasteiger partial charge is 0.258 e. The highest BCUT2D eigenvalue weighted by Crippen LogP contribution is 2.18. The van der Waals surface area contributed by atoms with Gasteiger partial charge in [0.25, 0.3) is 5.91 Å². The molecule has 31 heavy (non-hydrogen) atoms. The number of carbonyl (C=O) groups is 2. The Labute approximate surface area is 183 Å². The van der Waals surface area contributed by atoms with Crippen molar-refractivity contribution in [2.45, 2.75) is 45.6 Å². The number of carbonyl (C=O) groups excluding carboxylic acids is 2. The first kappa shape index (κ1) is 22.5. The molecule has 1 heterocycles. The third-order valence-corrected chi connectivity index (χ3v) is 4.99. The molecule has 2 amide bonds. The van der Waals surface area contributed by atoms with E-state index in [-0.39, 0.29) is 17.9 Å². The molecule has 0 radical (unpaired) electrons. The number of rotatable bonds is 6. The minimum Gasteiger partial charge on any atom is -0.376 e. The number of ether oxygens (including phenoxy) is 1. The van der Waals surface area contributed by atoms with Crippen LogP contribution in [0.2, 0.25) is 0 Å². The highest BCUT2D eigenvalue weighted by atomic mass is 16.5. The lowest BCUT2D eigenvalue weighted by Crippen LogP contribution is -2.36. The molecule has 0 saturated carbocycles. The van der Waals surface area contributed by atoms with E-state index >= 15 is 0 Å². The van der Waals surface area contributed by atoms with Gasteiger partial charge in [-0.3, -0.25) is 14.9 Å². The van der Waals surface area contributed by atoms with Crippen molar-refractivity contribution in [3.63, 3.8) is 0 Å². The molecule has 0 bridgehead atoms. The minimum absolute atomic E-state index is 0.0695. The second kappa shape index (κ2) is 10.7. The average Bonchev–Trinajstić information content (AvgIpc) is 3.26. The van der Waals surface area contributed by atoms with Crippen LogP contribution >= 0.6 is 0 Å². The fourth-order valence-electron chi connectivity index (χ4n) is 3.30. The molecule has 164 valence electrons. The van der Waals surface area contributed by atoms with Crippen molar-refractivity contribution in [3.8, 4) is 0 Å². The average molecular weight is 423 g/mol. The molecule has 0 aliphatic carbocycles. The van der Waals surface area contributed by atoms with Gasteiger partial charge < -0.3 is 15.4 Å². The topological polar surface area (TPSA) is 91.8 Å². The Morgan fingerprint density at radius 3 is 2.52 bits per heavy atom. The van der Waals surface area contributed by atoms with Gasteiger partial charge in [0.05, 0.1) is 12.6 Å². The molecule has 7 heteroatoms. The highest BCUT2D eigenvalue weighted by molar-refractivity contribution is 6.10. The summed E-state index contributed by atoms with van der Waals surface area (Å²) >= 11 is 0. The third kappa shape index (κ3) is 6.93. The Hall–Kier alpha value is -3.19. The van der Waals surface area contributed by atoms with E-state index in [0.29, 0.717) is 29.7 Å². The first-order chi connectivity index (χ1) is 14.9. The summed E-state index contributed by atoms with van der Waals surface area (Å²) in [5.74, 6) is 0.299. The van der Waals surface area contributed by atoms with E-state index in [1.807, 2.05) is 12.1 Å². The second-order valence-corrected chi connectivity index (χ2v) is 7.94. The zero-order chi connectivity index (χ0) is 22.2. The van der Waals surface area contributed by atoms with E-state index in [2.05, 4.69) is 46.9 Å². The van der Waals surface area contributed by atoms with Crippen LogP contribution in [0.15, 0.2) is 53.5 Å². The zero-order valence-electron chi connectivity index (χ0n) is 18.3. The summed E-state index contributed by atoms with van der Waals surface area (Å²) in [6.07, 6.45) is 2.06. The summed E-state index contributed by atoms with van der Waals surface area (Å²) < 4.78 is 5.65. The Morgan fingerprint density at radius 2 is 1.87 bits per heavy atom. The number of anilines is 2. The maximum atomic E-state index is 12.8. The molecule has 1 aliphatic rings. The van der Waals surface area contributed by atoms with E-state index < -0.39 is 0 Å². The van der Waals surface area contributed by atoms with E-state index in [1.165, 1.54) is 12.5 Å². The summed E-state index contributed by atoms with van der Waals surface area (Å²) in [4.78, 5) is 28.7. The Balaban J connectivity index is 1.74. The van der Waals surface area contributed by atoms with Crippen LogP contribution in [0.1, 0.15) is 55.5 Å². The fourth-order valence-corrected chi connectivity index (χ4v) is 3.30. The van der Waals surface area contributed by atoms with E-state index in [1.54, 1.807) is 24.3 Å². The van der Waals surface area contributed by atoms with Crippen LogP contribution in [-0.4, -0.2) is 37.0 Å². The van der Waals surface area contributed by atoms with Gasteiger partial charge in [0.2, 0.25) is 11.9 Å². The molecular weight excluding hydrogens is 392 g/mol. The normalized spacial score (nSPS) is 16.3. The predicted molar refractivity (Wildman–Crippen MR) is 124 cm³/mol. The lowest BCUT2D eigenvalue weighted by Gasteiger charge is -2.14. The molecule has 0 spiro atoms. The molecule has 1 saturated heterocycles. The number of benzene rings is 2. The summed E-state index contributed by atoms with van der Waals surface area (Å²) in [6, 6.07) is 14.8. The fraction of sp³-hybridized carbons (Fsp3) is 0.375. The van der Waals surface area contributed by atoms with Gasteiger partial charge in [-0.15, -0.1) is 0 Å². The number of hydrogen-bond acceptors (Lipinski definition) is 4. The van der Waals surface area contributed by atoms with Crippen molar-refractivity contribution < 1.29 is 14.3 Å². The van der Waals surface area contributed by atoms with Crippen LogP contribution in [0.4, 0.5) is 11.4 Å². The monoisotopic (exact) mass is 422 g/mol. The number of guanidine groups is 1. The van der Waals surface area contributed by atoms with Crippen LogP contribution in [0, 0.1) is 0 Å². The SMILES string of the molecule is CC(=O)Nc1cccc(C(=O)NC(=NCC2CCCO2)Nc2ccc(C(C)C)cc2)c1. The second-order valence-electron chi connectivity index (χ2n) is 7.94. The maximum Gasteiger partial charge on any atom is 0.258 e. The molecule has 1 unspecified atom stereocenters. The first-order valence-electron chi connectivity index (χ1n) is 10.6. The van der Waals surface area contributed by atoms with E-state index in [0.717, 1.165) is 25.1 Å². The van der Waals surface area contributed by atoms with Crippen LogP contribution in [0.3, 0.4) is 0 Å². The van der Waals surface area contributed by atoms with Gasteiger partial charge in [-0.1, -0.05) is 32.0 Å². The lowest BCUT2D eigenvalue weighted by molar-refractivity contribution is -0.114. The van der Waals surface area contributed by atoms with Crippen LogP contribution in [0.25, 0.3) is 0 Å². The van der Waals surface area contributed by atoms with E-state index in [9.17, 15) is 9.59 Å². The van der Waals surface area contributed by atoms with Gasteiger partial charge >= 0.3 is 0 Å². The van der Waals surface area contributed by atoms with Crippen molar-refractivity contribution >= 4 is 29.1 Å². The molecular formula is C24H30N4O3. The molecule has 2 aromatic carbocycles. The molecule has 3 N–H and O–H groups in total. The van der Waals surface area contributed by atoms with Crippen molar-refractivity contribution in [1.29, 1.82) is 0 Å². The van der Waals surface area contributed by atoms with Gasteiger partial charge in [0.1, 0.15) is 0 Å². The Kier molecular flexibility index (Phi) is 7.78. The number of amides is 2. The third-order valence-electron chi connectivity index (χ3n) is 4.99. The van der Waals surface area contributed by atoms with Gasteiger partial charge in [-0.25, -0.2) is 4.99 Å².